The van der Waals surface area contributed by atoms with Crippen molar-refractivity contribution >= 4 is 5.91 Å². The second-order valence-electron chi connectivity index (χ2n) is 4.15. The molecule has 0 atom stereocenters. The molecule has 1 amide bonds. The van der Waals surface area contributed by atoms with Gasteiger partial charge in [-0.1, -0.05) is 6.07 Å². The Bertz CT molecular complexity index is 540. The van der Waals surface area contributed by atoms with E-state index in [0.29, 0.717) is 18.7 Å². The van der Waals surface area contributed by atoms with Gasteiger partial charge in [-0.15, -0.1) is 0 Å². The summed E-state index contributed by atoms with van der Waals surface area (Å²) in [7, 11) is 0. The number of halogens is 1. The number of amides is 1. The van der Waals surface area contributed by atoms with E-state index in [0.717, 1.165) is 5.69 Å². The number of carbonyl (C=O) groups is 1. The lowest BCUT2D eigenvalue weighted by molar-refractivity contribution is 0.0750. The fourth-order valence-electron chi connectivity index (χ4n) is 1.79. The van der Waals surface area contributed by atoms with Gasteiger partial charge in [0.15, 0.2) is 0 Å². The molecule has 2 rings (SSSR count). The molecule has 0 aliphatic carbocycles. The van der Waals surface area contributed by atoms with Crippen LogP contribution < -0.4 is 0 Å². The van der Waals surface area contributed by atoms with Crippen LogP contribution >= 0.6 is 0 Å². The summed E-state index contributed by atoms with van der Waals surface area (Å²) >= 11 is 0. The monoisotopic (exact) mass is 258 g/mol. The number of pyridine rings is 1. The van der Waals surface area contributed by atoms with Crippen molar-refractivity contribution < 1.29 is 9.18 Å². The minimum absolute atomic E-state index is 0.117. The first-order valence-electron chi connectivity index (χ1n) is 6.15. The molecule has 1 aromatic carbocycles. The third-order valence-electron chi connectivity index (χ3n) is 2.84. The van der Waals surface area contributed by atoms with Crippen molar-refractivity contribution in [1.82, 2.24) is 9.88 Å². The molecule has 0 saturated heterocycles. The van der Waals surface area contributed by atoms with E-state index in [4.69, 9.17) is 0 Å². The standard InChI is InChI=1S/C15H15FN2O/c1-2-18(11-14-5-3-4-10-17-14)15(19)12-6-8-13(16)9-7-12/h3-10H,2,11H2,1H3. The van der Waals surface area contributed by atoms with Gasteiger partial charge in [0.1, 0.15) is 5.82 Å². The highest BCUT2D eigenvalue weighted by atomic mass is 19.1. The molecule has 0 N–H and O–H groups in total. The highest BCUT2D eigenvalue weighted by Crippen LogP contribution is 2.09. The zero-order valence-electron chi connectivity index (χ0n) is 10.7. The first-order valence-corrected chi connectivity index (χ1v) is 6.15. The minimum atomic E-state index is -0.343. The lowest BCUT2D eigenvalue weighted by Gasteiger charge is -2.20. The maximum absolute atomic E-state index is 12.8. The first kappa shape index (κ1) is 13.2. The maximum Gasteiger partial charge on any atom is 0.254 e. The van der Waals surface area contributed by atoms with Crippen molar-refractivity contribution in [2.45, 2.75) is 13.5 Å². The van der Waals surface area contributed by atoms with Crippen molar-refractivity contribution in [2.75, 3.05) is 6.54 Å². The lowest BCUT2D eigenvalue weighted by atomic mass is 10.2. The SMILES string of the molecule is CCN(Cc1ccccn1)C(=O)c1ccc(F)cc1. The average molecular weight is 258 g/mol. The normalized spacial score (nSPS) is 10.2. The van der Waals surface area contributed by atoms with E-state index >= 15 is 0 Å². The topological polar surface area (TPSA) is 33.2 Å². The maximum atomic E-state index is 12.8. The van der Waals surface area contributed by atoms with Crippen LogP contribution in [-0.4, -0.2) is 22.3 Å². The Morgan fingerprint density at radius 1 is 1.21 bits per heavy atom. The molecule has 2 aromatic rings. The van der Waals surface area contributed by atoms with Crippen molar-refractivity contribution in [2.24, 2.45) is 0 Å². The predicted octanol–water partition coefficient (Wildman–Crippen LogP) is 2.88. The van der Waals surface area contributed by atoms with Crippen molar-refractivity contribution in [3.05, 3.63) is 65.7 Å². The molecule has 0 bridgehead atoms. The second kappa shape index (κ2) is 6.09. The quantitative estimate of drug-likeness (QED) is 0.844. The van der Waals surface area contributed by atoms with E-state index in [1.165, 1.54) is 24.3 Å². The molecule has 0 radical (unpaired) electrons. The predicted molar refractivity (Wildman–Crippen MR) is 71.1 cm³/mol. The zero-order chi connectivity index (χ0) is 13.7. The highest BCUT2D eigenvalue weighted by molar-refractivity contribution is 5.94. The Kier molecular flexibility index (Phi) is 4.23. The Balaban J connectivity index is 2.13. The van der Waals surface area contributed by atoms with Gasteiger partial charge < -0.3 is 4.90 Å². The highest BCUT2D eigenvalue weighted by Gasteiger charge is 2.14. The molecule has 0 saturated carbocycles. The van der Waals surface area contributed by atoms with Gasteiger partial charge in [0.2, 0.25) is 0 Å². The van der Waals surface area contributed by atoms with Gasteiger partial charge in [-0.25, -0.2) is 4.39 Å². The molecule has 0 fully saturated rings. The van der Waals surface area contributed by atoms with Crippen molar-refractivity contribution in [1.29, 1.82) is 0 Å². The van der Waals surface area contributed by atoms with Crippen LogP contribution in [0.4, 0.5) is 4.39 Å². The van der Waals surface area contributed by atoms with E-state index in [9.17, 15) is 9.18 Å². The van der Waals surface area contributed by atoms with Gasteiger partial charge in [0.25, 0.3) is 5.91 Å². The first-order chi connectivity index (χ1) is 9.20. The number of rotatable bonds is 4. The second-order valence-corrected chi connectivity index (χ2v) is 4.15. The number of aromatic nitrogens is 1. The largest absolute Gasteiger partial charge is 0.333 e. The van der Waals surface area contributed by atoms with Gasteiger partial charge >= 0.3 is 0 Å². The fourth-order valence-corrected chi connectivity index (χ4v) is 1.79. The molecule has 0 aliphatic heterocycles. The van der Waals surface area contributed by atoms with Gasteiger partial charge in [0, 0.05) is 18.3 Å². The van der Waals surface area contributed by atoms with Crippen LogP contribution in [0.25, 0.3) is 0 Å². The van der Waals surface area contributed by atoms with Crippen LogP contribution in [-0.2, 0) is 6.54 Å². The molecular formula is C15H15FN2O. The van der Waals surface area contributed by atoms with Crippen LogP contribution in [0.5, 0.6) is 0 Å². The van der Waals surface area contributed by atoms with Crippen LogP contribution in [0.15, 0.2) is 48.7 Å². The molecule has 0 unspecified atom stereocenters. The summed E-state index contributed by atoms with van der Waals surface area (Å²) in [5.41, 5.74) is 1.32. The van der Waals surface area contributed by atoms with E-state index < -0.39 is 0 Å². The van der Waals surface area contributed by atoms with Gasteiger partial charge in [-0.05, 0) is 43.3 Å². The van der Waals surface area contributed by atoms with E-state index in [-0.39, 0.29) is 11.7 Å². The molecule has 1 aromatic heterocycles. The molecule has 19 heavy (non-hydrogen) atoms. The molecule has 3 nitrogen and oxygen atoms in total. The number of hydrogen-bond acceptors (Lipinski definition) is 2. The summed E-state index contributed by atoms with van der Waals surface area (Å²) in [5, 5.41) is 0. The van der Waals surface area contributed by atoms with Gasteiger partial charge in [-0.3, -0.25) is 9.78 Å². The number of benzene rings is 1. The van der Waals surface area contributed by atoms with Crippen LogP contribution in [0, 0.1) is 5.82 Å². The number of hydrogen-bond donors (Lipinski definition) is 0. The third-order valence-corrected chi connectivity index (χ3v) is 2.84. The third kappa shape index (κ3) is 3.37. The summed E-state index contributed by atoms with van der Waals surface area (Å²) in [5.74, 6) is -0.461. The summed E-state index contributed by atoms with van der Waals surface area (Å²) in [4.78, 5) is 18.1. The van der Waals surface area contributed by atoms with Gasteiger partial charge in [0.05, 0.1) is 12.2 Å². The van der Waals surface area contributed by atoms with Gasteiger partial charge in [-0.2, -0.15) is 0 Å². The summed E-state index contributed by atoms with van der Waals surface area (Å²) < 4.78 is 12.8. The smallest absolute Gasteiger partial charge is 0.254 e. The molecule has 4 heteroatoms. The zero-order valence-corrected chi connectivity index (χ0v) is 10.7. The van der Waals surface area contributed by atoms with Crippen molar-refractivity contribution in [3.63, 3.8) is 0 Å². The average Bonchev–Trinajstić information content (AvgIpc) is 2.46. The summed E-state index contributed by atoms with van der Waals surface area (Å²) in [6.45, 7) is 2.94. The Morgan fingerprint density at radius 3 is 2.53 bits per heavy atom. The number of carbonyl (C=O) groups excluding carboxylic acids is 1. The van der Waals surface area contributed by atoms with Crippen LogP contribution in [0.1, 0.15) is 23.0 Å². The summed E-state index contributed by atoms with van der Waals surface area (Å²) in [6.07, 6.45) is 1.70. The Hall–Kier alpha value is -2.23. The molecule has 0 aliphatic rings. The van der Waals surface area contributed by atoms with Crippen LogP contribution in [0.3, 0.4) is 0 Å². The minimum Gasteiger partial charge on any atom is -0.333 e. The fraction of sp³-hybridized carbons (Fsp3) is 0.200. The van der Waals surface area contributed by atoms with E-state index in [2.05, 4.69) is 4.98 Å². The number of nitrogens with zero attached hydrogens (tertiary/aromatic N) is 2. The molecular weight excluding hydrogens is 243 g/mol. The Morgan fingerprint density at radius 2 is 1.95 bits per heavy atom. The summed E-state index contributed by atoms with van der Waals surface area (Å²) in [6, 6.07) is 11.2. The molecule has 1 heterocycles. The molecule has 0 spiro atoms. The lowest BCUT2D eigenvalue weighted by Crippen LogP contribution is -2.30. The molecule has 98 valence electrons. The Labute approximate surface area is 111 Å². The van der Waals surface area contributed by atoms with E-state index in [1.54, 1.807) is 11.1 Å². The van der Waals surface area contributed by atoms with E-state index in [1.807, 2.05) is 25.1 Å². The van der Waals surface area contributed by atoms with Crippen LogP contribution in [0.2, 0.25) is 0 Å². The van der Waals surface area contributed by atoms with Crippen molar-refractivity contribution in [3.8, 4) is 0 Å².